The summed E-state index contributed by atoms with van der Waals surface area (Å²) in [5.41, 5.74) is 1.76. The minimum Gasteiger partial charge on any atom is -0.466 e. The van der Waals surface area contributed by atoms with Crippen molar-refractivity contribution in [3.05, 3.63) is 73.4 Å². The van der Waals surface area contributed by atoms with Gasteiger partial charge in [0.25, 0.3) is 0 Å². The molecule has 0 aliphatic rings. The first-order valence-electron chi connectivity index (χ1n) is 5.92. The van der Waals surface area contributed by atoms with E-state index in [4.69, 9.17) is 5.26 Å². The molecule has 0 atom stereocenters. The second-order valence-electron chi connectivity index (χ2n) is 3.58. The lowest BCUT2D eigenvalue weighted by molar-refractivity contribution is -0.136. The average molecular weight is 271 g/mol. The summed E-state index contributed by atoms with van der Waals surface area (Å²) in [6, 6.07) is 12.0. The van der Waals surface area contributed by atoms with Gasteiger partial charge in [0.2, 0.25) is 0 Å². The van der Waals surface area contributed by atoms with E-state index in [0.29, 0.717) is 5.57 Å². The van der Waals surface area contributed by atoms with Crippen LogP contribution in [0.3, 0.4) is 0 Å². The van der Waals surface area contributed by atoms with E-state index in [1.807, 2.05) is 24.3 Å². The molecule has 0 saturated carbocycles. The van der Waals surface area contributed by atoms with Gasteiger partial charge in [0.05, 0.1) is 13.2 Å². The number of rotatable bonds is 3. The number of nitriles is 1. The van der Waals surface area contributed by atoms with Crippen LogP contribution in [-0.2, 0) is 16.0 Å². The molecule has 106 valence electrons. The molecule has 0 unspecified atom stereocenters. The van der Waals surface area contributed by atoms with Crippen LogP contribution in [0.25, 0.3) is 0 Å². The molecule has 0 bridgehead atoms. The summed E-state index contributed by atoms with van der Waals surface area (Å²) in [7, 11) is 1.33. The first kappa shape index (κ1) is 19.7. The number of methoxy groups -OCH3 is 1. The average Bonchev–Trinajstić information content (AvgIpc) is 2.48. The zero-order valence-corrected chi connectivity index (χ0v) is 12.1. The van der Waals surface area contributed by atoms with Crippen molar-refractivity contribution in [3.8, 4) is 6.07 Å². The highest BCUT2D eigenvalue weighted by molar-refractivity contribution is 5.86. The molecule has 1 rings (SSSR count). The van der Waals surface area contributed by atoms with Gasteiger partial charge >= 0.3 is 5.97 Å². The van der Waals surface area contributed by atoms with Gasteiger partial charge in [0, 0.05) is 11.6 Å². The molecule has 0 radical (unpaired) electrons. The minimum atomic E-state index is -0.347. The van der Waals surface area contributed by atoms with E-state index in [1.54, 1.807) is 13.0 Å². The van der Waals surface area contributed by atoms with Gasteiger partial charge in [0.15, 0.2) is 0 Å². The molecule has 0 heterocycles. The lowest BCUT2D eigenvalue weighted by atomic mass is 10.2. The van der Waals surface area contributed by atoms with Gasteiger partial charge in [-0.1, -0.05) is 49.6 Å². The monoisotopic (exact) mass is 271 g/mol. The third-order valence-corrected chi connectivity index (χ3v) is 1.85. The number of allylic oxidation sites excluding steroid dienone is 2. The standard InChI is InChI=1S/C9H10.C5H8O2.C3H3N/c1-2-6-9-7-4-3-5-8-9;1-4(2)5(6)7-3;1-2-3-4/h2-5,7-8H,1,6H2;1H2,2-3H3;2H,1H2. The van der Waals surface area contributed by atoms with Gasteiger partial charge < -0.3 is 4.74 Å². The smallest absolute Gasteiger partial charge is 0.332 e. The van der Waals surface area contributed by atoms with Gasteiger partial charge in [-0.2, -0.15) is 5.26 Å². The van der Waals surface area contributed by atoms with Crippen molar-refractivity contribution in [2.75, 3.05) is 7.11 Å². The SMILES string of the molecule is C=C(C)C(=O)OC.C=CC#N.C=CCc1ccccc1. The fourth-order valence-corrected chi connectivity index (χ4v) is 0.955. The normalized spacial score (nSPS) is 7.45. The molecule has 0 aliphatic carbocycles. The van der Waals surface area contributed by atoms with Crippen LogP contribution in [-0.4, -0.2) is 13.1 Å². The van der Waals surface area contributed by atoms with Crippen molar-refractivity contribution in [3.63, 3.8) is 0 Å². The van der Waals surface area contributed by atoms with Crippen molar-refractivity contribution >= 4 is 5.97 Å². The molecule has 20 heavy (non-hydrogen) atoms. The summed E-state index contributed by atoms with van der Waals surface area (Å²) >= 11 is 0. The fraction of sp³-hybridized carbons (Fsp3) is 0.176. The first-order valence-corrected chi connectivity index (χ1v) is 5.92. The van der Waals surface area contributed by atoms with Crippen LogP contribution in [0, 0.1) is 11.3 Å². The second kappa shape index (κ2) is 14.5. The molecule has 0 fully saturated rings. The number of benzene rings is 1. The summed E-state index contributed by atoms with van der Waals surface area (Å²) in [5.74, 6) is -0.347. The van der Waals surface area contributed by atoms with Crippen molar-refractivity contribution in [1.29, 1.82) is 5.26 Å². The maximum atomic E-state index is 10.2. The highest BCUT2D eigenvalue weighted by atomic mass is 16.5. The van der Waals surface area contributed by atoms with E-state index in [1.165, 1.54) is 18.7 Å². The number of hydrogen-bond acceptors (Lipinski definition) is 3. The van der Waals surface area contributed by atoms with Crippen LogP contribution in [0.1, 0.15) is 12.5 Å². The maximum Gasteiger partial charge on any atom is 0.332 e. The molecule has 0 spiro atoms. The van der Waals surface area contributed by atoms with Crippen LogP contribution < -0.4 is 0 Å². The summed E-state index contributed by atoms with van der Waals surface area (Å²) in [6.07, 6.45) is 4.07. The molecule has 1 aromatic carbocycles. The summed E-state index contributed by atoms with van der Waals surface area (Å²) in [4.78, 5) is 10.2. The molecule has 3 heteroatoms. The predicted octanol–water partition coefficient (Wildman–Crippen LogP) is 3.85. The zero-order valence-electron chi connectivity index (χ0n) is 12.1. The van der Waals surface area contributed by atoms with Crippen molar-refractivity contribution in [2.45, 2.75) is 13.3 Å². The van der Waals surface area contributed by atoms with Gasteiger partial charge in [0.1, 0.15) is 0 Å². The Kier molecular flexibility index (Phi) is 14.3. The summed E-state index contributed by atoms with van der Waals surface area (Å²) in [5, 5.41) is 7.51. The Hall–Kier alpha value is -2.60. The van der Waals surface area contributed by atoms with E-state index in [9.17, 15) is 4.79 Å². The zero-order chi connectivity index (χ0) is 15.8. The molecule has 3 nitrogen and oxygen atoms in total. The topological polar surface area (TPSA) is 50.1 Å². The van der Waals surface area contributed by atoms with Gasteiger partial charge in [-0.25, -0.2) is 4.79 Å². The molecule has 0 N–H and O–H groups in total. The summed E-state index contributed by atoms with van der Waals surface area (Å²) < 4.78 is 4.27. The third-order valence-electron chi connectivity index (χ3n) is 1.85. The Morgan fingerprint density at radius 3 is 2.10 bits per heavy atom. The molecule has 0 aliphatic heterocycles. The highest BCUT2D eigenvalue weighted by Crippen LogP contribution is 1.98. The fourth-order valence-electron chi connectivity index (χ4n) is 0.955. The lowest BCUT2D eigenvalue weighted by Crippen LogP contribution is -1.98. The second-order valence-corrected chi connectivity index (χ2v) is 3.58. The quantitative estimate of drug-likeness (QED) is 0.363. The van der Waals surface area contributed by atoms with E-state index >= 15 is 0 Å². The van der Waals surface area contributed by atoms with Gasteiger partial charge in [-0.3, -0.25) is 0 Å². The van der Waals surface area contributed by atoms with Crippen LogP contribution >= 0.6 is 0 Å². The Bertz CT molecular complexity index is 456. The Morgan fingerprint density at radius 2 is 1.85 bits per heavy atom. The van der Waals surface area contributed by atoms with E-state index in [0.717, 1.165) is 6.42 Å². The van der Waals surface area contributed by atoms with Crippen LogP contribution in [0.2, 0.25) is 0 Å². The third kappa shape index (κ3) is 13.5. The van der Waals surface area contributed by atoms with Crippen LogP contribution in [0.15, 0.2) is 67.8 Å². The Balaban J connectivity index is 0. The van der Waals surface area contributed by atoms with Crippen molar-refractivity contribution in [1.82, 2.24) is 0 Å². The highest BCUT2D eigenvalue weighted by Gasteiger charge is 1.95. The largest absolute Gasteiger partial charge is 0.466 e. The number of nitrogens with zero attached hydrogens (tertiary/aromatic N) is 1. The number of esters is 1. The van der Waals surface area contributed by atoms with Crippen molar-refractivity contribution < 1.29 is 9.53 Å². The minimum absolute atomic E-state index is 0.347. The number of hydrogen-bond donors (Lipinski definition) is 0. The molecular formula is C17H21NO2. The van der Waals surface area contributed by atoms with Crippen molar-refractivity contribution in [2.24, 2.45) is 0 Å². The Labute approximate surface area is 121 Å². The summed E-state index contributed by atoms with van der Waals surface area (Å²) in [6.45, 7) is 11.7. The molecule has 1 aromatic rings. The number of ether oxygens (including phenoxy) is 1. The molecule has 0 saturated heterocycles. The van der Waals surface area contributed by atoms with Gasteiger partial charge in [-0.05, 0) is 18.9 Å². The van der Waals surface area contributed by atoms with Crippen LogP contribution in [0.4, 0.5) is 0 Å². The van der Waals surface area contributed by atoms with E-state index in [2.05, 4.69) is 36.6 Å². The number of carbonyl (C=O) groups excluding carboxylic acids is 1. The van der Waals surface area contributed by atoms with Crippen LogP contribution in [0.5, 0.6) is 0 Å². The number of carbonyl (C=O) groups is 1. The predicted molar refractivity (Wildman–Crippen MR) is 83.0 cm³/mol. The Morgan fingerprint density at radius 1 is 1.35 bits per heavy atom. The molecular weight excluding hydrogens is 250 g/mol. The molecule has 0 amide bonds. The van der Waals surface area contributed by atoms with E-state index < -0.39 is 0 Å². The first-order chi connectivity index (χ1) is 9.53. The molecule has 0 aromatic heterocycles. The maximum absolute atomic E-state index is 10.2. The van der Waals surface area contributed by atoms with Gasteiger partial charge in [-0.15, -0.1) is 6.58 Å². The lowest BCUT2D eigenvalue weighted by Gasteiger charge is -1.91. The van der Waals surface area contributed by atoms with E-state index in [-0.39, 0.29) is 5.97 Å².